The number of alkyl halides is 1. The Balaban J connectivity index is 2.08. The normalized spacial score (nSPS) is 17.5. The van der Waals surface area contributed by atoms with Crippen LogP contribution in [0.15, 0.2) is 18.3 Å². The highest BCUT2D eigenvalue weighted by Crippen LogP contribution is 2.30. The molecular weight excluding hydrogens is 306 g/mol. The molecular formula is C14H16BrN3O. The third kappa shape index (κ3) is 3.32. The van der Waals surface area contributed by atoms with E-state index in [1.54, 1.807) is 12.1 Å². The van der Waals surface area contributed by atoms with Gasteiger partial charge in [0, 0.05) is 11.5 Å². The van der Waals surface area contributed by atoms with E-state index in [0.717, 1.165) is 31.0 Å². The lowest BCUT2D eigenvalue weighted by atomic mass is 9.83. The maximum Gasteiger partial charge on any atom is 0.270 e. The highest BCUT2D eigenvalue weighted by atomic mass is 79.9. The number of pyridine rings is 1. The molecule has 1 aliphatic rings. The van der Waals surface area contributed by atoms with E-state index in [-0.39, 0.29) is 11.4 Å². The average molecular weight is 322 g/mol. The van der Waals surface area contributed by atoms with Crippen LogP contribution in [0.2, 0.25) is 0 Å². The quantitative estimate of drug-likeness (QED) is 0.870. The van der Waals surface area contributed by atoms with Crippen molar-refractivity contribution in [3.8, 4) is 6.07 Å². The lowest BCUT2D eigenvalue weighted by Crippen LogP contribution is -2.51. The summed E-state index contributed by atoms with van der Waals surface area (Å²) in [6.07, 6.45) is 6.95. The maximum absolute atomic E-state index is 12.2. The fourth-order valence-corrected chi connectivity index (χ4v) is 3.12. The van der Waals surface area contributed by atoms with Gasteiger partial charge >= 0.3 is 0 Å². The molecule has 1 heterocycles. The van der Waals surface area contributed by atoms with Gasteiger partial charge in [0.25, 0.3) is 5.91 Å². The van der Waals surface area contributed by atoms with E-state index in [1.807, 2.05) is 6.07 Å². The standard InChI is InChI=1S/C14H16BrN3O/c15-10-14(6-2-1-3-7-14)18-13(19)12-5-4-11(8-16)9-17-12/h4-5,9H,1-3,6-7,10H2,(H,18,19). The van der Waals surface area contributed by atoms with Gasteiger partial charge in [0.15, 0.2) is 0 Å². The summed E-state index contributed by atoms with van der Waals surface area (Å²) in [5.41, 5.74) is 0.680. The smallest absolute Gasteiger partial charge is 0.270 e. The topological polar surface area (TPSA) is 65.8 Å². The molecule has 1 saturated carbocycles. The fourth-order valence-electron chi connectivity index (χ4n) is 2.42. The van der Waals surface area contributed by atoms with E-state index in [0.29, 0.717) is 11.3 Å². The highest BCUT2D eigenvalue weighted by molar-refractivity contribution is 9.09. The van der Waals surface area contributed by atoms with Crippen molar-refractivity contribution in [2.45, 2.75) is 37.6 Å². The van der Waals surface area contributed by atoms with E-state index < -0.39 is 0 Å². The summed E-state index contributed by atoms with van der Waals surface area (Å²) >= 11 is 3.51. The number of hydrogen-bond donors (Lipinski definition) is 1. The molecule has 5 heteroatoms. The molecule has 100 valence electrons. The van der Waals surface area contributed by atoms with Gasteiger partial charge in [-0.3, -0.25) is 4.79 Å². The van der Waals surface area contributed by atoms with Gasteiger partial charge in [0.05, 0.1) is 11.1 Å². The number of carbonyl (C=O) groups is 1. The number of nitrogens with one attached hydrogen (secondary N) is 1. The Hall–Kier alpha value is -1.41. The van der Waals surface area contributed by atoms with Gasteiger partial charge in [0.2, 0.25) is 0 Å². The number of hydrogen-bond acceptors (Lipinski definition) is 3. The van der Waals surface area contributed by atoms with Crippen molar-refractivity contribution >= 4 is 21.8 Å². The SMILES string of the molecule is N#Cc1ccc(C(=O)NC2(CBr)CCCCC2)nc1. The average Bonchev–Trinajstić information content (AvgIpc) is 2.48. The Labute approximate surface area is 121 Å². The molecule has 0 atom stereocenters. The van der Waals surface area contributed by atoms with E-state index >= 15 is 0 Å². The molecule has 2 rings (SSSR count). The zero-order valence-corrected chi connectivity index (χ0v) is 12.2. The van der Waals surface area contributed by atoms with Crippen molar-refractivity contribution in [2.75, 3.05) is 5.33 Å². The number of carbonyl (C=O) groups excluding carboxylic acids is 1. The summed E-state index contributed by atoms with van der Waals surface area (Å²) in [5.74, 6) is -0.161. The van der Waals surface area contributed by atoms with Crippen molar-refractivity contribution in [2.24, 2.45) is 0 Å². The van der Waals surface area contributed by atoms with Crippen LogP contribution in [-0.4, -0.2) is 21.8 Å². The molecule has 1 N–H and O–H groups in total. The van der Waals surface area contributed by atoms with Crippen molar-refractivity contribution in [3.63, 3.8) is 0 Å². The molecule has 4 nitrogen and oxygen atoms in total. The monoisotopic (exact) mass is 321 g/mol. The first kappa shape index (κ1) is 14.0. The lowest BCUT2D eigenvalue weighted by molar-refractivity contribution is 0.0881. The van der Waals surface area contributed by atoms with Crippen LogP contribution in [0.25, 0.3) is 0 Å². The molecule has 1 amide bonds. The Morgan fingerprint density at radius 1 is 1.42 bits per heavy atom. The van der Waals surface area contributed by atoms with Gasteiger partial charge in [-0.15, -0.1) is 0 Å². The number of amides is 1. The van der Waals surface area contributed by atoms with Gasteiger partial charge in [-0.25, -0.2) is 4.98 Å². The number of nitriles is 1. The molecule has 0 radical (unpaired) electrons. The summed E-state index contributed by atoms with van der Waals surface area (Å²) in [6, 6.07) is 5.20. The van der Waals surface area contributed by atoms with E-state index in [1.165, 1.54) is 12.6 Å². The molecule has 0 spiro atoms. The molecule has 0 aliphatic heterocycles. The molecule has 0 unspecified atom stereocenters. The van der Waals surface area contributed by atoms with Gasteiger partial charge in [-0.1, -0.05) is 35.2 Å². The van der Waals surface area contributed by atoms with Gasteiger partial charge in [0.1, 0.15) is 11.8 Å². The third-order valence-corrected chi connectivity index (χ3v) is 4.64. The predicted molar refractivity (Wildman–Crippen MR) is 76.0 cm³/mol. The van der Waals surface area contributed by atoms with Crippen molar-refractivity contribution in [1.29, 1.82) is 5.26 Å². The first-order valence-electron chi connectivity index (χ1n) is 6.44. The zero-order valence-electron chi connectivity index (χ0n) is 10.7. The second-order valence-corrected chi connectivity index (χ2v) is 5.53. The largest absolute Gasteiger partial charge is 0.344 e. The highest BCUT2D eigenvalue weighted by Gasteiger charge is 2.32. The van der Waals surface area contributed by atoms with Crippen molar-refractivity contribution in [3.05, 3.63) is 29.6 Å². The minimum atomic E-state index is -0.161. The summed E-state index contributed by atoms with van der Waals surface area (Å²) < 4.78 is 0. The van der Waals surface area contributed by atoms with Crippen LogP contribution in [0.3, 0.4) is 0 Å². The second-order valence-electron chi connectivity index (χ2n) is 4.97. The van der Waals surface area contributed by atoms with E-state index in [9.17, 15) is 4.79 Å². The van der Waals surface area contributed by atoms with Crippen LogP contribution in [0.1, 0.15) is 48.2 Å². The Morgan fingerprint density at radius 2 is 2.16 bits per heavy atom. The van der Waals surface area contributed by atoms with Crippen molar-refractivity contribution < 1.29 is 4.79 Å². The number of nitrogens with zero attached hydrogens (tertiary/aromatic N) is 2. The lowest BCUT2D eigenvalue weighted by Gasteiger charge is -2.36. The predicted octanol–water partition coefficient (Wildman–Crippen LogP) is 2.78. The first-order valence-corrected chi connectivity index (χ1v) is 7.56. The van der Waals surface area contributed by atoms with E-state index in [4.69, 9.17) is 5.26 Å². The number of aromatic nitrogens is 1. The first-order chi connectivity index (χ1) is 9.19. The molecule has 0 saturated heterocycles. The van der Waals surface area contributed by atoms with Gasteiger partial charge in [-0.05, 0) is 25.0 Å². The molecule has 0 aromatic carbocycles. The van der Waals surface area contributed by atoms with Crippen LogP contribution in [0.5, 0.6) is 0 Å². The minimum absolute atomic E-state index is 0.148. The third-order valence-electron chi connectivity index (χ3n) is 3.57. The Bertz CT molecular complexity index is 486. The number of rotatable bonds is 3. The van der Waals surface area contributed by atoms with Crippen molar-refractivity contribution in [1.82, 2.24) is 10.3 Å². The summed E-state index contributed by atoms with van der Waals surface area (Å²) in [4.78, 5) is 16.2. The number of halogens is 1. The molecule has 19 heavy (non-hydrogen) atoms. The molecule has 1 aromatic heterocycles. The molecule has 0 bridgehead atoms. The molecule has 1 fully saturated rings. The van der Waals surface area contributed by atoms with Crippen LogP contribution in [0, 0.1) is 11.3 Å². The Morgan fingerprint density at radius 3 is 2.68 bits per heavy atom. The fraction of sp³-hybridized carbons (Fsp3) is 0.500. The van der Waals surface area contributed by atoms with Crippen LogP contribution >= 0.6 is 15.9 Å². The van der Waals surface area contributed by atoms with Gasteiger partial charge < -0.3 is 5.32 Å². The van der Waals surface area contributed by atoms with E-state index in [2.05, 4.69) is 26.2 Å². The summed E-state index contributed by atoms with van der Waals surface area (Å²) in [7, 11) is 0. The minimum Gasteiger partial charge on any atom is -0.344 e. The van der Waals surface area contributed by atoms with Gasteiger partial charge in [-0.2, -0.15) is 5.26 Å². The summed E-state index contributed by atoms with van der Waals surface area (Å²) in [5, 5.41) is 12.6. The molecule has 1 aliphatic carbocycles. The molecule has 1 aromatic rings. The Kier molecular flexibility index (Phi) is 4.54. The van der Waals surface area contributed by atoms with Crippen LogP contribution in [-0.2, 0) is 0 Å². The second kappa shape index (κ2) is 6.16. The maximum atomic E-state index is 12.2. The van der Waals surface area contributed by atoms with Crippen LogP contribution < -0.4 is 5.32 Å². The zero-order chi connectivity index (χ0) is 13.7. The summed E-state index contributed by atoms with van der Waals surface area (Å²) in [6.45, 7) is 0. The van der Waals surface area contributed by atoms with Crippen LogP contribution in [0.4, 0.5) is 0 Å².